The van der Waals surface area contributed by atoms with Gasteiger partial charge in [-0.2, -0.15) is 5.10 Å². The Hall–Kier alpha value is -1.16. The third-order valence-electron chi connectivity index (χ3n) is 4.04. The molecule has 18 heavy (non-hydrogen) atoms. The zero-order chi connectivity index (χ0) is 12.4. The predicted octanol–water partition coefficient (Wildman–Crippen LogP) is 1.96. The van der Waals surface area contributed by atoms with E-state index in [2.05, 4.69) is 39.5 Å². The van der Waals surface area contributed by atoms with Gasteiger partial charge < -0.3 is 10.2 Å². The molecule has 98 valence electrons. The van der Waals surface area contributed by atoms with Crippen molar-refractivity contribution in [3.63, 3.8) is 0 Å². The van der Waals surface area contributed by atoms with E-state index in [9.17, 15) is 0 Å². The maximum Gasteiger partial charge on any atom is 0.151 e. The molecule has 1 aliphatic carbocycles. The molecule has 1 unspecified atom stereocenters. The highest BCUT2D eigenvalue weighted by Gasteiger charge is 2.22. The third kappa shape index (κ3) is 2.80. The Morgan fingerprint density at radius 2 is 2.17 bits per heavy atom. The summed E-state index contributed by atoms with van der Waals surface area (Å²) in [5.74, 6) is 1.88. The Bertz CT molecular complexity index is 385. The quantitative estimate of drug-likeness (QED) is 0.862. The lowest BCUT2D eigenvalue weighted by atomic mass is 10.1. The minimum absolute atomic E-state index is 0.732. The van der Waals surface area contributed by atoms with Crippen LogP contribution in [0.5, 0.6) is 0 Å². The van der Waals surface area contributed by atoms with Gasteiger partial charge in [-0.15, -0.1) is 5.10 Å². The smallest absolute Gasteiger partial charge is 0.151 e. The molecule has 0 amide bonds. The van der Waals surface area contributed by atoms with E-state index >= 15 is 0 Å². The van der Waals surface area contributed by atoms with Gasteiger partial charge in [0.05, 0.1) is 5.69 Å². The summed E-state index contributed by atoms with van der Waals surface area (Å²) in [6, 6.07) is 4.96. The number of nitrogens with one attached hydrogen (secondary N) is 1. The lowest BCUT2D eigenvalue weighted by Gasteiger charge is -2.16. The molecule has 1 aliphatic heterocycles. The summed E-state index contributed by atoms with van der Waals surface area (Å²) in [7, 11) is 0. The molecule has 2 heterocycles. The number of hydrogen-bond acceptors (Lipinski definition) is 4. The first-order chi connectivity index (χ1) is 8.85. The van der Waals surface area contributed by atoms with Crippen LogP contribution in [0.1, 0.15) is 38.3 Å². The van der Waals surface area contributed by atoms with Crippen molar-refractivity contribution in [3.8, 4) is 0 Å². The SMILES string of the molecule is CCC1CCN(c2ccc(CNC3CC3)nn2)C1. The molecule has 1 N–H and O–H groups in total. The molecule has 1 aromatic heterocycles. The van der Waals surface area contributed by atoms with E-state index in [1.165, 1.54) is 25.7 Å². The van der Waals surface area contributed by atoms with Gasteiger partial charge in [0.15, 0.2) is 5.82 Å². The van der Waals surface area contributed by atoms with Gasteiger partial charge in [-0.3, -0.25) is 0 Å². The van der Waals surface area contributed by atoms with Gasteiger partial charge in [-0.25, -0.2) is 0 Å². The Balaban J connectivity index is 1.56. The molecule has 2 fully saturated rings. The lowest BCUT2D eigenvalue weighted by molar-refractivity contribution is 0.568. The minimum atomic E-state index is 0.732. The van der Waals surface area contributed by atoms with Crippen molar-refractivity contribution in [2.75, 3.05) is 18.0 Å². The van der Waals surface area contributed by atoms with Crippen LogP contribution in [0.4, 0.5) is 5.82 Å². The molecular weight excluding hydrogens is 224 g/mol. The maximum absolute atomic E-state index is 4.36. The Morgan fingerprint density at radius 3 is 2.78 bits per heavy atom. The largest absolute Gasteiger partial charge is 0.355 e. The molecule has 4 nitrogen and oxygen atoms in total. The van der Waals surface area contributed by atoms with E-state index in [1.54, 1.807) is 0 Å². The molecule has 0 bridgehead atoms. The fourth-order valence-corrected chi connectivity index (χ4v) is 2.53. The standard InChI is InChI=1S/C14H22N4/c1-2-11-7-8-18(10-11)14-6-5-13(16-17-14)9-15-12-3-4-12/h5-6,11-12,15H,2-4,7-10H2,1H3. The summed E-state index contributed by atoms with van der Waals surface area (Å²) in [6.07, 6.45) is 5.20. The van der Waals surface area contributed by atoms with Crippen molar-refractivity contribution in [2.24, 2.45) is 5.92 Å². The third-order valence-corrected chi connectivity index (χ3v) is 4.04. The number of nitrogens with zero attached hydrogens (tertiary/aromatic N) is 3. The second kappa shape index (κ2) is 5.22. The fourth-order valence-electron chi connectivity index (χ4n) is 2.53. The molecule has 0 aromatic carbocycles. The van der Waals surface area contributed by atoms with E-state index in [4.69, 9.17) is 0 Å². The summed E-state index contributed by atoms with van der Waals surface area (Å²) in [4.78, 5) is 2.36. The van der Waals surface area contributed by atoms with E-state index in [-0.39, 0.29) is 0 Å². The molecule has 0 radical (unpaired) electrons. The average molecular weight is 246 g/mol. The normalized spacial score (nSPS) is 23.6. The van der Waals surface area contributed by atoms with Gasteiger partial charge in [0.2, 0.25) is 0 Å². The van der Waals surface area contributed by atoms with Crippen LogP contribution in [-0.2, 0) is 6.54 Å². The molecule has 4 heteroatoms. The van der Waals surface area contributed by atoms with E-state index in [0.717, 1.165) is 43.1 Å². The molecule has 0 spiro atoms. The van der Waals surface area contributed by atoms with Crippen LogP contribution in [0.3, 0.4) is 0 Å². The number of anilines is 1. The highest BCUT2D eigenvalue weighted by atomic mass is 15.3. The molecular formula is C14H22N4. The summed E-state index contributed by atoms with van der Waals surface area (Å²) in [6.45, 7) is 5.40. The topological polar surface area (TPSA) is 41.0 Å². The average Bonchev–Trinajstić information content (AvgIpc) is 3.12. The van der Waals surface area contributed by atoms with Crippen LogP contribution < -0.4 is 10.2 Å². The van der Waals surface area contributed by atoms with Crippen LogP contribution >= 0.6 is 0 Å². The molecule has 3 rings (SSSR count). The van der Waals surface area contributed by atoms with Gasteiger partial charge in [-0.1, -0.05) is 13.3 Å². The number of hydrogen-bond donors (Lipinski definition) is 1. The first-order valence-electron chi connectivity index (χ1n) is 7.16. The Labute approximate surface area is 109 Å². The van der Waals surface area contributed by atoms with Gasteiger partial charge in [0.25, 0.3) is 0 Å². The van der Waals surface area contributed by atoms with Crippen LogP contribution in [0.15, 0.2) is 12.1 Å². The van der Waals surface area contributed by atoms with E-state index in [0.29, 0.717) is 0 Å². The van der Waals surface area contributed by atoms with Crippen LogP contribution in [0.25, 0.3) is 0 Å². The predicted molar refractivity (Wildman–Crippen MR) is 72.5 cm³/mol. The zero-order valence-electron chi connectivity index (χ0n) is 11.1. The van der Waals surface area contributed by atoms with Gasteiger partial charge in [0.1, 0.15) is 0 Å². The van der Waals surface area contributed by atoms with E-state index < -0.39 is 0 Å². The first kappa shape index (κ1) is 11.9. The Kier molecular flexibility index (Phi) is 3.46. The Morgan fingerprint density at radius 1 is 1.28 bits per heavy atom. The van der Waals surface area contributed by atoms with Crippen LogP contribution in [-0.4, -0.2) is 29.3 Å². The highest BCUT2D eigenvalue weighted by molar-refractivity contribution is 5.38. The molecule has 1 saturated carbocycles. The van der Waals surface area contributed by atoms with Gasteiger partial charge >= 0.3 is 0 Å². The van der Waals surface area contributed by atoms with Gasteiger partial charge in [-0.05, 0) is 37.3 Å². The molecule has 2 aliphatic rings. The summed E-state index contributed by atoms with van der Waals surface area (Å²) in [5.41, 5.74) is 1.05. The maximum atomic E-state index is 4.36. The molecule has 1 saturated heterocycles. The molecule has 1 aromatic rings. The summed E-state index contributed by atoms with van der Waals surface area (Å²) >= 11 is 0. The van der Waals surface area contributed by atoms with Crippen molar-refractivity contribution in [1.82, 2.24) is 15.5 Å². The zero-order valence-corrected chi connectivity index (χ0v) is 11.1. The van der Waals surface area contributed by atoms with Crippen molar-refractivity contribution in [3.05, 3.63) is 17.8 Å². The van der Waals surface area contributed by atoms with Crippen molar-refractivity contribution in [1.29, 1.82) is 0 Å². The van der Waals surface area contributed by atoms with Crippen molar-refractivity contribution >= 4 is 5.82 Å². The van der Waals surface area contributed by atoms with Crippen LogP contribution in [0, 0.1) is 5.92 Å². The summed E-state index contributed by atoms with van der Waals surface area (Å²) < 4.78 is 0. The van der Waals surface area contributed by atoms with Crippen LogP contribution in [0.2, 0.25) is 0 Å². The minimum Gasteiger partial charge on any atom is -0.355 e. The summed E-state index contributed by atoms with van der Waals surface area (Å²) in [5, 5.41) is 12.1. The van der Waals surface area contributed by atoms with Crippen molar-refractivity contribution < 1.29 is 0 Å². The highest BCUT2D eigenvalue weighted by Crippen LogP contribution is 2.23. The number of aromatic nitrogens is 2. The van der Waals surface area contributed by atoms with Crippen molar-refractivity contribution in [2.45, 2.75) is 45.2 Å². The van der Waals surface area contributed by atoms with E-state index in [1.807, 2.05) is 0 Å². The molecule has 1 atom stereocenters. The first-order valence-corrected chi connectivity index (χ1v) is 7.16. The second-order valence-electron chi connectivity index (χ2n) is 5.55. The lowest BCUT2D eigenvalue weighted by Crippen LogP contribution is -2.22. The monoisotopic (exact) mass is 246 g/mol. The fraction of sp³-hybridized carbons (Fsp3) is 0.714. The van der Waals surface area contributed by atoms with Gasteiger partial charge in [0, 0.05) is 25.7 Å². The number of rotatable bonds is 5. The second-order valence-corrected chi connectivity index (χ2v) is 5.55.